The van der Waals surface area contributed by atoms with Crippen LogP contribution in [-0.4, -0.2) is 4.98 Å². The Bertz CT molecular complexity index is 679. The molecule has 0 saturated heterocycles. The summed E-state index contributed by atoms with van der Waals surface area (Å²) in [5, 5.41) is 6.27. The van der Waals surface area contributed by atoms with Crippen LogP contribution in [0.4, 0.5) is 10.8 Å². The minimum Gasteiger partial charge on any atom is -0.332 e. The summed E-state index contributed by atoms with van der Waals surface area (Å²) in [6.07, 6.45) is 0. The number of anilines is 2. The molecule has 0 radical (unpaired) electrons. The Morgan fingerprint density at radius 1 is 0.947 bits per heavy atom. The zero-order chi connectivity index (χ0) is 13.1. The van der Waals surface area contributed by atoms with Crippen molar-refractivity contribution in [3.05, 3.63) is 64.5 Å². The predicted molar refractivity (Wildman–Crippen MR) is 85.0 cm³/mol. The normalized spacial score (nSPS) is 10.4. The molecule has 0 amide bonds. The molecule has 0 unspecified atom stereocenters. The van der Waals surface area contributed by atoms with Gasteiger partial charge in [0.1, 0.15) is 0 Å². The first-order chi connectivity index (χ1) is 9.33. The van der Waals surface area contributed by atoms with Crippen molar-refractivity contribution in [2.45, 2.75) is 0 Å². The predicted octanol–water partition coefficient (Wildman–Crippen LogP) is 5.32. The Morgan fingerprint density at radius 2 is 1.68 bits per heavy atom. The van der Waals surface area contributed by atoms with Crippen molar-refractivity contribution >= 4 is 38.1 Å². The molecule has 1 heterocycles. The molecule has 3 rings (SSSR count). The van der Waals surface area contributed by atoms with Gasteiger partial charge in [0.2, 0.25) is 0 Å². The molecule has 0 aliphatic rings. The molecule has 0 spiro atoms. The Labute approximate surface area is 124 Å². The van der Waals surface area contributed by atoms with Crippen molar-refractivity contribution in [2.24, 2.45) is 0 Å². The highest BCUT2D eigenvalue weighted by Gasteiger charge is 2.07. The maximum Gasteiger partial charge on any atom is 0.187 e. The average molecular weight is 331 g/mol. The van der Waals surface area contributed by atoms with Gasteiger partial charge < -0.3 is 5.32 Å². The zero-order valence-corrected chi connectivity index (χ0v) is 12.4. The van der Waals surface area contributed by atoms with E-state index in [1.54, 1.807) is 11.3 Å². The van der Waals surface area contributed by atoms with Gasteiger partial charge in [0, 0.05) is 21.1 Å². The molecular formula is C15H11BrN2S. The van der Waals surface area contributed by atoms with Crippen LogP contribution < -0.4 is 5.32 Å². The maximum absolute atomic E-state index is 4.61. The van der Waals surface area contributed by atoms with Crippen molar-refractivity contribution in [2.75, 3.05) is 5.32 Å². The summed E-state index contributed by atoms with van der Waals surface area (Å²) in [6.45, 7) is 0. The van der Waals surface area contributed by atoms with E-state index < -0.39 is 0 Å². The molecule has 0 bridgehead atoms. The number of nitrogens with zero attached hydrogens (tertiary/aromatic N) is 1. The minimum atomic E-state index is 0.900. The third kappa shape index (κ3) is 2.85. The van der Waals surface area contributed by atoms with E-state index in [4.69, 9.17) is 0 Å². The van der Waals surface area contributed by atoms with E-state index in [0.29, 0.717) is 0 Å². The largest absolute Gasteiger partial charge is 0.332 e. The van der Waals surface area contributed by atoms with Crippen molar-refractivity contribution in [3.8, 4) is 11.3 Å². The summed E-state index contributed by atoms with van der Waals surface area (Å²) < 4.78 is 1.06. The van der Waals surface area contributed by atoms with Gasteiger partial charge in [-0.2, -0.15) is 0 Å². The number of nitrogens with one attached hydrogen (secondary N) is 1. The van der Waals surface area contributed by atoms with Crippen molar-refractivity contribution in [1.29, 1.82) is 0 Å². The topological polar surface area (TPSA) is 24.9 Å². The van der Waals surface area contributed by atoms with Gasteiger partial charge >= 0.3 is 0 Å². The molecule has 0 aliphatic heterocycles. The summed E-state index contributed by atoms with van der Waals surface area (Å²) in [4.78, 5) is 4.61. The molecule has 94 valence electrons. The molecule has 0 saturated carbocycles. The van der Waals surface area contributed by atoms with Crippen LogP contribution in [-0.2, 0) is 0 Å². The van der Waals surface area contributed by atoms with Gasteiger partial charge in [-0.3, -0.25) is 0 Å². The average Bonchev–Trinajstić information content (AvgIpc) is 2.89. The first kappa shape index (κ1) is 12.4. The van der Waals surface area contributed by atoms with Crippen molar-refractivity contribution in [1.82, 2.24) is 4.98 Å². The molecule has 2 aromatic carbocycles. The quantitative estimate of drug-likeness (QED) is 0.703. The molecule has 1 aromatic heterocycles. The standard InChI is InChI=1S/C15H11BrN2S/c16-13-9-5-4-8-12(13)14-10-19-15(18-14)17-11-6-2-1-3-7-11/h1-10H,(H,17,18). The van der Waals surface area contributed by atoms with Crippen LogP contribution in [0.1, 0.15) is 0 Å². The van der Waals surface area contributed by atoms with E-state index in [2.05, 4.69) is 37.7 Å². The SMILES string of the molecule is Brc1ccccc1-c1csc(Nc2ccccc2)n1. The van der Waals surface area contributed by atoms with Crippen LogP contribution in [0, 0.1) is 0 Å². The highest BCUT2D eigenvalue weighted by atomic mass is 79.9. The number of halogens is 1. The zero-order valence-electron chi connectivity index (χ0n) is 10.0. The fourth-order valence-electron chi connectivity index (χ4n) is 1.77. The number of aromatic nitrogens is 1. The summed E-state index contributed by atoms with van der Waals surface area (Å²) in [5.41, 5.74) is 3.14. The number of thiazole rings is 1. The number of para-hydroxylation sites is 1. The molecule has 3 aromatic rings. The molecule has 0 aliphatic carbocycles. The fourth-order valence-corrected chi connectivity index (χ4v) is 2.99. The Hall–Kier alpha value is -1.65. The Balaban J connectivity index is 1.86. The maximum atomic E-state index is 4.61. The lowest BCUT2D eigenvalue weighted by Gasteiger charge is -2.01. The summed E-state index contributed by atoms with van der Waals surface area (Å²) in [7, 11) is 0. The monoisotopic (exact) mass is 330 g/mol. The highest BCUT2D eigenvalue weighted by molar-refractivity contribution is 9.10. The molecule has 4 heteroatoms. The van der Waals surface area contributed by atoms with Crippen LogP contribution in [0.2, 0.25) is 0 Å². The first-order valence-corrected chi connectivity index (χ1v) is 7.53. The number of hydrogen-bond acceptors (Lipinski definition) is 3. The minimum absolute atomic E-state index is 0.900. The second-order valence-electron chi connectivity index (χ2n) is 4.01. The number of benzene rings is 2. The van der Waals surface area contributed by atoms with Gasteiger partial charge in [-0.05, 0) is 18.2 Å². The summed E-state index contributed by atoms with van der Waals surface area (Å²) in [6, 6.07) is 18.2. The van der Waals surface area contributed by atoms with Gasteiger partial charge in [-0.15, -0.1) is 11.3 Å². The smallest absolute Gasteiger partial charge is 0.187 e. The lowest BCUT2D eigenvalue weighted by Crippen LogP contribution is -1.88. The summed E-state index contributed by atoms with van der Waals surface area (Å²) in [5.74, 6) is 0. The molecule has 19 heavy (non-hydrogen) atoms. The van der Waals surface area contributed by atoms with E-state index in [1.807, 2.05) is 48.5 Å². The first-order valence-electron chi connectivity index (χ1n) is 5.85. The lowest BCUT2D eigenvalue weighted by molar-refractivity contribution is 1.38. The Kier molecular flexibility index (Phi) is 3.62. The fraction of sp³-hybridized carbons (Fsp3) is 0. The lowest BCUT2D eigenvalue weighted by atomic mass is 10.2. The van der Waals surface area contributed by atoms with Crippen LogP contribution in [0.15, 0.2) is 64.5 Å². The summed E-state index contributed by atoms with van der Waals surface area (Å²) >= 11 is 5.16. The van der Waals surface area contributed by atoms with E-state index >= 15 is 0 Å². The van der Waals surface area contributed by atoms with Crippen LogP contribution >= 0.6 is 27.3 Å². The molecule has 0 atom stereocenters. The van der Waals surface area contributed by atoms with E-state index in [-0.39, 0.29) is 0 Å². The molecule has 2 nitrogen and oxygen atoms in total. The molecule has 1 N–H and O–H groups in total. The van der Waals surface area contributed by atoms with Gasteiger partial charge in [-0.1, -0.05) is 52.3 Å². The molecule has 0 fully saturated rings. The van der Waals surface area contributed by atoms with E-state index in [9.17, 15) is 0 Å². The van der Waals surface area contributed by atoms with Gasteiger partial charge in [0.15, 0.2) is 5.13 Å². The third-order valence-electron chi connectivity index (χ3n) is 2.68. The van der Waals surface area contributed by atoms with Crippen molar-refractivity contribution < 1.29 is 0 Å². The van der Waals surface area contributed by atoms with Gasteiger partial charge in [-0.25, -0.2) is 4.98 Å². The van der Waals surface area contributed by atoms with Crippen molar-refractivity contribution in [3.63, 3.8) is 0 Å². The van der Waals surface area contributed by atoms with Gasteiger partial charge in [0.25, 0.3) is 0 Å². The number of rotatable bonds is 3. The van der Waals surface area contributed by atoms with E-state index in [0.717, 1.165) is 26.5 Å². The van der Waals surface area contributed by atoms with Gasteiger partial charge in [0.05, 0.1) is 5.69 Å². The molecular weight excluding hydrogens is 320 g/mol. The number of hydrogen-bond donors (Lipinski definition) is 1. The van der Waals surface area contributed by atoms with Crippen LogP contribution in [0.25, 0.3) is 11.3 Å². The van der Waals surface area contributed by atoms with E-state index in [1.165, 1.54) is 0 Å². The van der Waals surface area contributed by atoms with Crippen LogP contribution in [0.3, 0.4) is 0 Å². The van der Waals surface area contributed by atoms with Crippen LogP contribution in [0.5, 0.6) is 0 Å². The highest BCUT2D eigenvalue weighted by Crippen LogP contribution is 2.31. The third-order valence-corrected chi connectivity index (χ3v) is 4.13. The second-order valence-corrected chi connectivity index (χ2v) is 5.72. The second kappa shape index (κ2) is 5.55. The Morgan fingerprint density at radius 3 is 2.47 bits per heavy atom.